The molecule has 33 heavy (non-hydrogen) atoms. The van der Waals surface area contributed by atoms with Gasteiger partial charge in [-0.3, -0.25) is 0 Å². The molecule has 0 aliphatic heterocycles. The zero-order valence-corrected chi connectivity index (χ0v) is 21.9. The van der Waals surface area contributed by atoms with Crippen molar-refractivity contribution in [3.05, 3.63) is 11.6 Å². The van der Waals surface area contributed by atoms with E-state index in [1.807, 2.05) is 6.08 Å². The first kappa shape index (κ1) is 25.7. The average molecular weight is 463 g/mol. The van der Waals surface area contributed by atoms with Gasteiger partial charge in [0.2, 0.25) is 0 Å². The van der Waals surface area contributed by atoms with Gasteiger partial charge in [-0.25, -0.2) is 0 Å². The van der Waals surface area contributed by atoms with Crippen LogP contribution in [0.4, 0.5) is 0 Å². The van der Waals surface area contributed by atoms with Gasteiger partial charge in [0.05, 0.1) is 18.3 Å². The first-order chi connectivity index (χ1) is 15.5. The van der Waals surface area contributed by atoms with Gasteiger partial charge in [0, 0.05) is 0 Å². The van der Waals surface area contributed by atoms with E-state index in [1.54, 1.807) is 0 Å². The summed E-state index contributed by atoms with van der Waals surface area (Å²) >= 11 is 0. The second kappa shape index (κ2) is 9.22. The second-order valence-electron chi connectivity index (χ2n) is 13.2. The largest absolute Gasteiger partial charge is 0.393 e. The van der Waals surface area contributed by atoms with Gasteiger partial charge in [0.1, 0.15) is 6.10 Å². The van der Waals surface area contributed by atoms with Crippen molar-refractivity contribution in [1.82, 2.24) is 0 Å². The quantitative estimate of drug-likeness (QED) is 0.422. The van der Waals surface area contributed by atoms with E-state index in [9.17, 15) is 20.4 Å². The molecule has 4 nitrogen and oxygen atoms in total. The van der Waals surface area contributed by atoms with Crippen molar-refractivity contribution in [2.24, 2.45) is 52.3 Å². The first-order valence-electron chi connectivity index (χ1n) is 13.9. The molecule has 0 unspecified atom stereocenters. The van der Waals surface area contributed by atoms with E-state index in [1.165, 1.54) is 0 Å². The maximum absolute atomic E-state index is 11.4. The molecule has 4 rings (SSSR count). The summed E-state index contributed by atoms with van der Waals surface area (Å²) in [7, 11) is 0. The lowest BCUT2D eigenvalue weighted by atomic mass is 9.46. The minimum absolute atomic E-state index is 0.126. The summed E-state index contributed by atoms with van der Waals surface area (Å²) in [5, 5.41) is 43.6. The Morgan fingerprint density at radius 1 is 0.970 bits per heavy atom. The van der Waals surface area contributed by atoms with Crippen LogP contribution in [-0.2, 0) is 0 Å². The molecule has 3 fully saturated rings. The number of fused-ring (bicyclic) bond motifs is 5. The number of aliphatic hydroxyl groups is 4. The molecule has 0 spiro atoms. The van der Waals surface area contributed by atoms with Crippen molar-refractivity contribution < 1.29 is 20.4 Å². The van der Waals surface area contributed by atoms with E-state index in [-0.39, 0.29) is 28.8 Å². The van der Waals surface area contributed by atoms with Crippen molar-refractivity contribution >= 4 is 0 Å². The molecule has 0 amide bonds. The zero-order chi connectivity index (χ0) is 24.3. The highest BCUT2D eigenvalue weighted by molar-refractivity contribution is 5.31. The van der Waals surface area contributed by atoms with Crippen molar-refractivity contribution in [3.8, 4) is 0 Å². The van der Waals surface area contributed by atoms with Crippen molar-refractivity contribution in [1.29, 1.82) is 0 Å². The van der Waals surface area contributed by atoms with E-state index in [2.05, 4.69) is 41.5 Å². The van der Waals surface area contributed by atoms with Gasteiger partial charge < -0.3 is 20.4 Å². The molecule has 190 valence electrons. The maximum atomic E-state index is 11.4. The second-order valence-corrected chi connectivity index (χ2v) is 13.2. The van der Waals surface area contributed by atoms with E-state index in [0.717, 1.165) is 50.5 Å². The fourth-order valence-corrected chi connectivity index (χ4v) is 9.30. The lowest BCUT2D eigenvalue weighted by Gasteiger charge is -2.60. The molecule has 0 aromatic heterocycles. The molecule has 0 saturated heterocycles. The molecule has 0 bridgehead atoms. The van der Waals surface area contributed by atoms with Gasteiger partial charge >= 0.3 is 0 Å². The van der Waals surface area contributed by atoms with Crippen LogP contribution in [0.25, 0.3) is 0 Å². The van der Waals surface area contributed by atoms with Gasteiger partial charge in [-0.2, -0.15) is 0 Å². The Balaban J connectivity index is 1.57. The summed E-state index contributed by atoms with van der Waals surface area (Å²) in [6.45, 7) is 13.8. The highest BCUT2D eigenvalue weighted by Gasteiger charge is 2.62. The van der Waals surface area contributed by atoms with E-state index in [0.29, 0.717) is 36.0 Å². The van der Waals surface area contributed by atoms with Crippen LogP contribution in [0.15, 0.2) is 11.6 Å². The van der Waals surface area contributed by atoms with Crippen molar-refractivity contribution in [2.75, 3.05) is 0 Å². The van der Waals surface area contributed by atoms with Crippen LogP contribution in [0, 0.1) is 52.3 Å². The Labute approximate surface area is 201 Å². The maximum Gasteiger partial charge on any atom is 0.101 e. The first-order valence-corrected chi connectivity index (χ1v) is 13.9. The monoisotopic (exact) mass is 462 g/mol. The minimum Gasteiger partial charge on any atom is -0.393 e. The molecular formula is C29H50O4. The van der Waals surface area contributed by atoms with Crippen LogP contribution in [0.5, 0.6) is 0 Å². The normalized spacial score (nSPS) is 47.8. The van der Waals surface area contributed by atoms with Crippen molar-refractivity contribution in [3.63, 3.8) is 0 Å². The minimum atomic E-state index is -0.841. The number of aliphatic hydroxyl groups excluding tert-OH is 4. The molecule has 0 heterocycles. The standard InChI is InChI=1S/C29H50O4/c1-7-18(16(2)3)14-24(31)17(4)19-8-9-20-26-21(10-12-28(19,20)5)29(6)13-11-23(30)27(33)22(29)15-25(26)32/h15-21,23-27,30-33H,7-14H2,1-6H3/t17-,18+,19+,20-,21-,23-,24+,25-,26-,27+,28+,29+/m0/s1. The third-order valence-electron chi connectivity index (χ3n) is 11.5. The molecule has 4 aliphatic rings. The highest BCUT2D eigenvalue weighted by atomic mass is 16.3. The SMILES string of the molecule is CC[C@H](C[C@@H](O)[C@@H](C)[C@H]1CC[C@H]2[C@@H]3[C@@H](O)C=C4[C@@H](O)[C@@H](O)CC[C@]4(C)[C@H]3CC[C@]12C)C(C)C. The summed E-state index contributed by atoms with van der Waals surface area (Å²) in [6.07, 6.45) is 7.57. The predicted molar refractivity (Wildman–Crippen MR) is 132 cm³/mol. The molecule has 4 aliphatic carbocycles. The van der Waals surface area contributed by atoms with Gasteiger partial charge in [-0.1, -0.05) is 54.0 Å². The Kier molecular flexibility index (Phi) is 7.17. The van der Waals surface area contributed by atoms with E-state index in [4.69, 9.17) is 0 Å². The average Bonchev–Trinajstić information content (AvgIpc) is 3.12. The van der Waals surface area contributed by atoms with Crippen LogP contribution in [0.2, 0.25) is 0 Å². The lowest BCUT2D eigenvalue weighted by molar-refractivity contribution is -0.116. The molecule has 0 aromatic carbocycles. The summed E-state index contributed by atoms with van der Waals surface area (Å²) < 4.78 is 0. The van der Waals surface area contributed by atoms with Gasteiger partial charge in [0.15, 0.2) is 0 Å². The Morgan fingerprint density at radius 3 is 2.30 bits per heavy atom. The predicted octanol–water partition coefficient (Wildman–Crippen LogP) is 4.94. The molecule has 0 radical (unpaired) electrons. The third kappa shape index (κ3) is 4.05. The van der Waals surface area contributed by atoms with Crippen LogP contribution >= 0.6 is 0 Å². The summed E-state index contributed by atoms with van der Waals surface area (Å²) in [5.41, 5.74) is 0.909. The van der Waals surface area contributed by atoms with Crippen LogP contribution in [0.1, 0.15) is 92.9 Å². The Hall–Kier alpha value is -0.420. The highest BCUT2D eigenvalue weighted by Crippen LogP contribution is 2.67. The van der Waals surface area contributed by atoms with Crippen LogP contribution < -0.4 is 0 Å². The van der Waals surface area contributed by atoms with Gasteiger partial charge in [-0.15, -0.1) is 0 Å². The molecule has 0 aromatic rings. The molecular weight excluding hydrogens is 412 g/mol. The van der Waals surface area contributed by atoms with E-state index < -0.39 is 18.3 Å². The number of hydrogen-bond donors (Lipinski definition) is 4. The Morgan fingerprint density at radius 2 is 1.67 bits per heavy atom. The Bertz CT molecular complexity index is 733. The van der Waals surface area contributed by atoms with Crippen LogP contribution in [0.3, 0.4) is 0 Å². The van der Waals surface area contributed by atoms with Gasteiger partial charge in [0.25, 0.3) is 0 Å². The fraction of sp³-hybridized carbons (Fsp3) is 0.931. The molecule has 12 atom stereocenters. The molecule has 4 heteroatoms. The van der Waals surface area contributed by atoms with E-state index >= 15 is 0 Å². The zero-order valence-electron chi connectivity index (χ0n) is 21.9. The summed E-state index contributed by atoms with van der Waals surface area (Å²) in [6, 6.07) is 0. The molecule has 3 saturated carbocycles. The smallest absolute Gasteiger partial charge is 0.101 e. The van der Waals surface area contributed by atoms with Crippen LogP contribution in [-0.4, -0.2) is 44.8 Å². The summed E-state index contributed by atoms with van der Waals surface area (Å²) in [5.74, 6) is 2.97. The lowest BCUT2D eigenvalue weighted by Crippen LogP contribution is -2.57. The third-order valence-corrected chi connectivity index (χ3v) is 11.5. The number of rotatable bonds is 6. The topological polar surface area (TPSA) is 80.9 Å². The number of hydrogen-bond acceptors (Lipinski definition) is 4. The molecule has 4 N–H and O–H groups in total. The fourth-order valence-electron chi connectivity index (χ4n) is 9.30. The summed E-state index contributed by atoms with van der Waals surface area (Å²) in [4.78, 5) is 0. The van der Waals surface area contributed by atoms with Gasteiger partial charge in [-0.05, 0) is 103 Å². The van der Waals surface area contributed by atoms with Crippen molar-refractivity contribution in [2.45, 2.75) is 117 Å².